The molecule has 0 spiro atoms. The molecule has 9 heteroatoms. The fourth-order valence-electron chi connectivity index (χ4n) is 4.50. The van der Waals surface area contributed by atoms with Gasteiger partial charge >= 0.3 is 6.03 Å². The Bertz CT molecular complexity index is 1270. The highest BCUT2D eigenvalue weighted by atomic mass is 16.5. The maximum atomic E-state index is 13.2. The van der Waals surface area contributed by atoms with E-state index in [1.165, 1.54) is 0 Å². The molecule has 5 rings (SSSR count). The number of hydrogen-bond donors (Lipinski definition) is 3. The number of ether oxygens (including phenoxy) is 1. The molecule has 1 aromatic carbocycles. The number of carbonyl (C=O) groups excluding carboxylic acids is 2. The van der Waals surface area contributed by atoms with Gasteiger partial charge in [0, 0.05) is 36.6 Å². The van der Waals surface area contributed by atoms with Crippen LogP contribution in [0.3, 0.4) is 0 Å². The first-order chi connectivity index (χ1) is 16.3. The van der Waals surface area contributed by atoms with E-state index >= 15 is 0 Å². The Labute approximate surface area is 197 Å². The molecule has 1 saturated carbocycles. The molecule has 1 aliphatic heterocycles. The monoisotopic (exact) mass is 463 g/mol. The highest BCUT2D eigenvalue weighted by molar-refractivity contribution is 5.98. The normalized spacial score (nSPS) is 19.9. The molecular formula is C25H29N5O4. The van der Waals surface area contributed by atoms with Gasteiger partial charge in [-0.2, -0.15) is 5.10 Å². The summed E-state index contributed by atoms with van der Waals surface area (Å²) < 4.78 is 7.84. The van der Waals surface area contributed by atoms with Gasteiger partial charge in [0.2, 0.25) is 0 Å². The maximum Gasteiger partial charge on any atom is 0.319 e. The van der Waals surface area contributed by atoms with Crippen molar-refractivity contribution in [2.24, 2.45) is 0 Å². The molecule has 1 aliphatic carbocycles. The van der Waals surface area contributed by atoms with E-state index in [2.05, 4.69) is 15.7 Å². The topological polar surface area (TPSA) is 108 Å². The predicted molar refractivity (Wildman–Crippen MR) is 127 cm³/mol. The zero-order chi connectivity index (χ0) is 24.0. The molecule has 2 unspecified atom stereocenters. The zero-order valence-electron chi connectivity index (χ0n) is 19.5. The van der Waals surface area contributed by atoms with Gasteiger partial charge in [0.05, 0.1) is 17.9 Å². The highest BCUT2D eigenvalue weighted by Gasteiger charge is 2.33. The lowest BCUT2D eigenvalue weighted by atomic mass is 10.1. The van der Waals surface area contributed by atoms with Gasteiger partial charge in [-0.15, -0.1) is 0 Å². The van der Waals surface area contributed by atoms with Gasteiger partial charge in [0.25, 0.3) is 5.91 Å². The minimum atomic E-state index is -0.492. The van der Waals surface area contributed by atoms with Crippen LogP contribution in [-0.4, -0.2) is 56.3 Å². The maximum absolute atomic E-state index is 13.2. The number of aliphatic hydroxyl groups is 1. The molecule has 0 bridgehead atoms. The summed E-state index contributed by atoms with van der Waals surface area (Å²) in [5.41, 5.74) is 3.62. The molecular weight excluding hydrogens is 434 g/mol. The van der Waals surface area contributed by atoms with Crippen molar-refractivity contribution < 1.29 is 19.4 Å². The molecule has 2 aromatic heterocycles. The smallest absolute Gasteiger partial charge is 0.319 e. The Balaban J connectivity index is 1.38. The minimum Gasteiger partial charge on any atom is -0.455 e. The van der Waals surface area contributed by atoms with Crippen LogP contribution in [-0.2, 0) is 0 Å². The lowest BCUT2D eigenvalue weighted by Crippen LogP contribution is -2.34. The zero-order valence-corrected chi connectivity index (χ0v) is 19.5. The van der Waals surface area contributed by atoms with Crippen LogP contribution in [0.25, 0.3) is 5.52 Å². The summed E-state index contributed by atoms with van der Waals surface area (Å²) in [5.74, 6) is 1.07. The first kappa shape index (κ1) is 22.2. The number of likely N-dealkylation sites (tertiary alicyclic amines) is 1. The number of aryl methyl sites for hydroxylation is 2. The lowest BCUT2D eigenvalue weighted by molar-refractivity contribution is 0.0725. The number of hydrogen-bond acceptors (Lipinski definition) is 5. The Hall–Kier alpha value is -3.59. The van der Waals surface area contributed by atoms with Gasteiger partial charge in [-0.1, -0.05) is 0 Å². The van der Waals surface area contributed by atoms with Crippen LogP contribution in [0.1, 0.15) is 47.7 Å². The van der Waals surface area contributed by atoms with Crippen molar-refractivity contribution in [1.29, 1.82) is 0 Å². The van der Waals surface area contributed by atoms with Gasteiger partial charge < -0.3 is 25.4 Å². The van der Waals surface area contributed by atoms with Gasteiger partial charge in [-0.05, 0) is 69.4 Å². The molecule has 2 fully saturated rings. The third kappa shape index (κ3) is 4.31. The molecule has 34 heavy (non-hydrogen) atoms. The van der Waals surface area contributed by atoms with E-state index in [1.54, 1.807) is 33.9 Å². The summed E-state index contributed by atoms with van der Waals surface area (Å²) in [6, 6.07) is 7.32. The van der Waals surface area contributed by atoms with Crippen LogP contribution < -0.4 is 15.4 Å². The van der Waals surface area contributed by atoms with Crippen molar-refractivity contribution in [3.63, 3.8) is 0 Å². The number of carbonyl (C=O) groups is 2. The van der Waals surface area contributed by atoms with Gasteiger partial charge in [-0.3, -0.25) is 4.79 Å². The largest absolute Gasteiger partial charge is 0.455 e. The third-order valence-electron chi connectivity index (χ3n) is 6.52. The number of β-amino-alcohol motifs (C(OH)–C–C–N with tert-alkyl or cyclic N) is 1. The second-order valence-corrected chi connectivity index (χ2v) is 9.30. The number of benzene rings is 1. The van der Waals surface area contributed by atoms with Crippen molar-refractivity contribution in [2.45, 2.75) is 58.2 Å². The molecule has 9 nitrogen and oxygen atoms in total. The van der Waals surface area contributed by atoms with E-state index in [4.69, 9.17) is 4.74 Å². The van der Waals surface area contributed by atoms with Crippen molar-refractivity contribution >= 4 is 23.1 Å². The van der Waals surface area contributed by atoms with Crippen LogP contribution in [0.4, 0.5) is 10.5 Å². The number of nitrogens with zero attached hydrogens (tertiary/aromatic N) is 3. The van der Waals surface area contributed by atoms with E-state index in [0.717, 1.165) is 29.7 Å². The number of aliphatic hydroxyl groups excluding tert-OH is 1. The quantitative estimate of drug-likeness (QED) is 0.536. The molecule has 0 radical (unpaired) electrons. The fraction of sp³-hybridized carbons (Fsp3) is 0.400. The van der Waals surface area contributed by atoms with Crippen LogP contribution in [0, 0.1) is 13.8 Å². The summed E-state index contributed by atoms with van der Waals surface area (Å²) in [7, 11) is 0. The molecule has 178 valence electrons. The van der Waals surface area contributed by atoms with Crippen LogP contribution in [0.2, 0.25) is 0 Å². The Morgan fingerprint density at radius 2 is 2.00 bits per heavy atom. The number of fused-ring (bicyclic) bond motifs is 1. The minimum absolute atomic E-state index is 0.0185. The Morgan fingerprint density at radius 3 is 2.68 bits per heavy atom. The average Bonchev–Trinajstić information content (AvgIpc) is 3.44. The number of anilines is 1. The number of urea groups is 1. The first-order valence-electron chi connectivity index (χ1n) is 11.6. The molecule has 3 aromatic rings. The molecule has 2 aliphatic rings. The third-order valence-corrected chi connectivity index (χ3v) is 6.52. The molecule has 1 saturated heterocycles. The number of amides is 3. The lowest BCUT2D eigenvalue weighted by Gasteiger charge is -2.20. The van der Waals surface area contributed by atoms with E-state index in [1.807, 2.05) is 32.9 Å². The van der Waals surface area contributed by atoms with Gasteiger partial charge in [-0.25, -0.2) is 9.31 Å². The van der Waals surface area contributed by atoms with Gasteiger partial charge in [0.1, 0.15) is 11.3 Å². The molecule has 3 N–H and O–H groups in total. The average molecular weight is 464 g/mol. The highest BCUT2D eigenvalue weighted by Crippen LogP contribution is 2.33. The van der Waals surface area contributed by atoms with Crippen LogP contribution >= 0.6 is 0 Å². The van der Waals surface area contributed by atoms with Crippen molar-refractivity contribution in [3.8, 4) is 11.5 Å². The fourth-order valence-corrected chi connectivity index (χ4v) is 4.50. The summed E-state index contributed by atoms with van der Waals surface area (Å²) in [5, 5.41) is 20.1. The first-order valence-corrected chi connectivity index (χ1v) is 11.6. The SMILES string of the molecule is Cc1cc(Oc2ccnn3cc(C(=O)N4CC(O)CC4C)c(C)c23)ccc1NC(=O)NC1CC1. The standard InChI is InChI=1S/C25H29N5O4/c1-14-10-19(6-7-21(14)28-25(33)27-17-4-5-17)34-22-8-9-26-30-13-20(16(3)23(22)30)24(32)29-12-18(31)11-15(29)2/h6-10,13,15,17-18,31H,4-5,11-12H2,1-3H3,(H2,27,28,33). The second kappa shape index (κ2) is 8.64. The summed E-state index contributed by atoms with van der Waals surface area (Å²) in [6.45, 7) is 6.07. The summed E-state index contributed by atoms with van der Waals surface area (Å²) >= 11 is 0. The van der Waals surface area contributed by atoms with Crippen molar-refractivity contribution in [1.82, 2.24) is 19.8 Å². The van der Waals surface area contributed by atoms with E-state index in [0.29, 0.717) is 35.5 Å². The number of aromatic nitrogens is 2. The Morgan fingerprint density at radius 1 is 1.21 bits per heavy atom. The second-order valence-electron chi connectivity index (χ2n) is 9.30. The molecule has 3 amide bonds. The molecule has 3 heterocycles. The van der Waals surface area contributed by atoms with E-state index in [9.17, 15) is 14.7 Å². The summed E-state index contributed by atoms with van der Waals surface area (Å²) in [4.78, 5) is 27.0. The van der Waals surface area contributed by atoms with E-state index in [-0.39, 0.29) is 24.0 Å². The number of rotatable bonds is 5. The predicted octanol–water partition coefficient (Wildman–Crippen LogP) is 3.62. The van der Waals surface area contributed by atoms with E-state index < -0.39 is 6.10 Å². The van der Waals surface area contributed by atoms with Crippen LogP contribution in [0.15, 0.2) is 36.7 Å². The number of nitrogens with one attached hydrogen (secondary N) is 2. The summed E-state index contributed by atoms with van der Waals surface area (Å²) in [6.07, 6.45) is 5.50. The van der Waals surface area contributed by atoms with Crippen molar-refractivity contribution in [3.05, 3.63) is 53.3 Å². The van der Waals surface area contributed by atoms with Gasteiger partial charge in [0.15, 0.2) is 5.75 Å². The van der Waals surface area contributed by atoms with Crippen molar-refractivity contribution in [2.75, 3.05) is 11.9 Å². The molecule has 2 atom stereocenters. The van der Waals surface area contributed by atoms with Crippen LogP contribution in [0.5, 0.6) is 11.5 Å². The Kier molecular flexibility index (Phi) is 5.65.